The van der Waals surface area contributed by atoms with Crippen molar-refractivity contribution in [3.05, 3.63) is 83.4 Å². The summed E-state index contributed by atoms with van der Waals surface area (Å²) in [5, 5.41) is 4.24. The van der Waals surface area contributed by atoms with E-state index in [1.54, 1.807) is 48.5 Å². The van der Waals surface area contributed by atoms with E-state index in [1.165, 1.54) is 4.90 Å². The van der Waals surface area contributed by atoms with Gasteiger partial charge in [0.1, 0.15) is 0 Å². The SMILES string of the molecule is O=C(CCCN1C(=O)c2cccc3cccc(c23)C1=O)NCCCS(=O)(=O)Cc1ccccc1. The highest BCUT2D eigenvalue weighted by Gasteiger charge is 2.32. The highest BCUT2D eigenvalue weighted by atomic mass is 32.2. The molecular weight excluding hydrogens is 452 g/mol. The molecule has 7 nitrogen and oxygen atoms in total. The van der Waals surface area contributed by atoms with Crippen LogP contribution in [0.1, 0.15) is 45.5 Å². The van der Waals surface area contributed by atoms with Crippen LogP contribution in [0.4, 0.5) is 0 Å². The largest absolute Gasteiger partial charge is 0.356 e. The Hall–Kier alpha value is -3.52. The van der Waals surface area contributed by atoms with Crippen molar-refractivity contribution in [1.29, 1.82) is 0 Å². The van der Waals surface area contributed by atoms with E-state index in [4.69, 9.17) is 0 Å². The van der Waals surface area contributed by atoms with E-state index in [1.807, 2.05) is 18.2 Å². The van der Waals surface area contributed by atoms with Gasteiger partial charge >= 0.3 is 0 Å². The highest BCUT2D eigenvalue weighted by Crippen LogP contribution is 2.30. The maximum absolute atomic E-state index is 12.9. The van der Waals surface area contributed by atoms with Crippen molar-refractivity contribution in [3.8, 4) is 0 Å². The Labute approximate surface area is 198 Å². The van der Waals surface area contributed by atoms with Crippen molar-refractivity contribution >= 4 is 38.3 Å². The van der Waals surface area contributed by atoms with E-state index < -0.39 is 9.84 Å². The minimum absolute atomic E-state index is 0.0100. The number of hydrogen-bond acceptors (Lipinski definition) is 5. The van der Waals surface area contributed by atoms with Crippen molar-refractivity contribution in [1.82, 2.24) is 10.2 Å². The first kappa shape index (κ1) is 23.6. The minimum Gasteiger partial charge on any atom is -0.356 e. The van der Waals surface area contributed by atoms with Gasteiger partial charge in [-0.3, -0.25) is 19.3 Å². The van der Waals surface area contributed by atoms with Crippen LogP contribution in [-0.2, 0) is 20.4 Å². The zero-order valence-electron chi connectivity index (χ0n) is 18.7. The average molecular weight is 479 g/mol. The third-order valence-corrected chi connectivity index (χ3v) is 7.51. The molecular formula is C26H26N2O5S. The number of nitrogens with one attached hydrogen (secondary N) is 1. The normalized spacial score (nSPS) is 13.4. The van der Waals surface area contributed by atoms with E-state index in [-0.39, 0.29) is 48.7 Å². The lowest BCUT2D eigenvalue weighted by Crippen LogP contribution is -2.41. The van der Waals surface area contributed by atoms with Crippen LogP contribution < -0.4 is 5.32 Å². The van der Waals surface area contributed by atoms with Gasteiger partial charge in [-0.25, -0.2) is 8.42 Å². The molecule has 0 radical (unpaired) electrons. The van der Waals surface area contributed by atoms with Crippen LogP contribution in [0, 0.1) is 0 Å². The lowest BCUT2D eigenvalue weighted by molar-refractivity contribution is -0.121. The summed E-state index contributed by atoms with van der Waals surface area (Å²) < 4.78 is 24.5. The summed E-state index contributed by atoms with van der Waals surface area (Å²) in [5.74, 6) is -0.961. The number of imide groups is 1. The predicted molar refractivity (Wildman–Crippen MR) is 130 cm³/mol. The van der Waals surface area contributed by atoms with Gasteiger partial charge in [-0.2, -0.15) is 0 Å². The molecule has 1 aliphatic rings. The van der Waals surface area contributed by atoms with Crippen LogP contribution in [0.15, 0.2) is 66.7 Å². The number of benzene rings is 3. The maximum atomic E-state index is 12.9. The quantitative estimate of drug-likeness (QED) is 0.356. The van der Waals surface area contributed by atoms with E-state index in [0.717, 1.165) is 10.9 Å². The average Bonchev–Trinajstić information content (AvgIpc) is 2.82. The summed E-state index contributed by atoms with van der Waals surface area (Å²) in [6.45, 7) is 0.394. The molecule has 0 aromatic heterocycles. The van der Waals surface area contributed by atoms with E-state index >= 15 is 0 Å². The molecule has 3 aromatic carbocycles. The molecule has 8 heteroatoms. The number of hydrogen-bond donors (Lipinski definition) is 1. The number of sulfone groups is 1. The predicted octanol–water partition coefficient (Wildman–Crippen LogP) is 3.34. The molecule has 3 amide bonds. The molecule has 3 aromatic rings. The Morgan fingerprint density at radius 3 is 2.12 bits per heavy atom. The van der Waals surface area contributed by atoms with Crippen LogP contribution in [0.3, 0.4) is 0 Å². The van der Waals surface area contributed by atoms with Crippen LogP contribution in [0.25, 0.3) is 10.8 Å². The van der Waals surface area contributed by atoms with Crippen LogP contribution in [0.2, 0.25) is 0 Å². The molecule has 1 N–H and O–H groups in total. The molecule has 176 valence electrons. The Bertz CT molecular complexity index is 1290. The van der Waals surface area contributed by atoms with Crippen LogP contribution in [0.5, 0.6) is 0 Å². The Balaban J connectivity index is 1.22. The smallest absolute Gasteiger partial charge is 0.261 e. The van der Waals surface area contributed by atoms with E-state index in [0.29, 0.717) is 29.4 Å². The van der Waals surface area contributed by atoms with Gasteiger partial charge in [0.25, 0.3) is 11.8 Å². The summed E-state index contributed by atoms with van der Waals surface area (Å²) in [6, 6.07) is 19.7. The first-order chi connectivity index (χ1) is 16.4. The fourth-order valence-electron chi connectivity index (χ4n) is 4.19. The fraction of sp³-hybridized carbons (Fsp3) is 0.269. The van der Waals surface area contributed by atoms with E-state index in [9.17, 15) is 22.8 Å². The monoisotopic (exact) mass is 478 g/mol. The number of rotatable bonds is 10. The van der Waals surface area contributed by atoms with Gasteiger partial charge in [0, 0.05) is 36.0 Å². The molecule has 0 unspecified atom stereocenters. The Morgan fingerprint density at radius 2 is 1.47 bits per heavy atom. The molecule has 0 saturated heterocycles. The number of carbonyl (C=O) groups excluding carboxylic acids is 3. The molecule has 1 aliphatic heterocycles. The van der Waals surface area contributed by atoms with Crippen molar-refractivity contribution in [2.24, 2.45) is 0 Å². The lowest BCUT2D eigenvalue weighted by atomic mass is 9.94. The second-order valence-electron chi connectivity index (χ2n) is 8.36. The molecule has 34 heavy (non-hydrogen) atoms. The van der Waals surface area contributed by atoms with Gasteiger partial charge in [-0.05, 0) is 35.9 Å². The standard InChI is InChI=1S/C26H26N2O5S/c29-23(27-15-7-17-34(32,33)18-19-8-2-1-3-9-19)14-6-16-28-25(30)21-12-4-10-20-11-5-13-22(24(20)21)26(28)31/h1-5,8-13H,6-7,14-18H2,(H,27,29). The minimum atomic E-state index is -3.25. The summed E-state index contributed by atoms with van der Waals surface area (Å²) >= 11 is 0. The molecule has 1 heterocycles. The van der Waals surface area contributed by atoms with Crippen LogP contribution in [-0.4, -0.2) is 49.9 Å². The number of amides is 3. The third-order valence-electron chi connectivity index (χ3n) is 5.83. The molecule has 0 fully saturated rings. The highest BCUT2D eigenvalue weighted by molar-refractivity contribution is 7.90. The molecule has 0 bridgehead atoms. The zero-order valence-corrected chi connectivity index (χ0v) is 19.5. The van der Waals surface area contributed by atoms with Gasteiger partial charge in [0.05, 0.1) is 11.5 Å². The summed E-state index contributed by atoms with van der Waals surface area (Å²) in [4.78, 5) is 39.1. The molecule has 0 saturated carbocycles. The topological polar surface area (TPSA) is 101 Å². The summed E-state index contributed by atoms with van der Waals surface area (Å²) in [5.41, 5.74) is 1.73. The van der Waals surface area contributed by atoms with E-state index in [2.05, 4.69) is 5.32 Å². The van der Waals surface area contributed by atoms with Crippen molar-refractivity contribution in [3.63, 3.8) is 0 Å². The second-order valence-corrected chi connectivity index (χ2v) is 10.5. The Morgan fingerprint density at radius 1 is 0.824 bits per heavy atom. The van der Waals surface area contributed by atoms with Gasteiger partial charge in [0.2, 0.25) is 5.91 Å². The lowest BCUT2D eigenvalue weighted by Gasteiger charge is -2.27. The number of nitrogens with zero attached hydrogens (tertiary/aromatic N) is 1. The Kier molecular flexibility index (Phi) is 7.07. The first-order valence-electron chi connectivity index (χ1n) is 11.2. The molecule has 4 rings (SSSR count). The van der Waals surface area contributed by atoms with Crippen LogP contribution >= 0.6 is 0 Å². The van der Waals surface area contributed by atoms with Crippen molar-refractivity contribution < 1.29 is 22.8 Å². The number of carbonyl (C=O) groups is 3. The second kappa shape index (κ2) is 10.2. The zero-order chi connectivity index (χ0) is 24.1. The van der Waals surface area contributed by atoms with Crippen molar-refractivity contribution in [2.45, 2.75) is 25.0 Å². The van der Waals surface area contributed by atoms with Gasteiger partial charge in [-0.1, -0.05) is 54.6 Å². The third kappa shape index (κ3) is 5.34. The molecule has 0 atom stereocenters. The van der Waals surface area contributed by atoms with Crippen molar-refractivity contribution in [2.75, 3.05) is 18.8 Å². The fourth-order valence-corrected chi connectivity index (χ4v) is 5.62. The molecule has 0 spiro atoms. The van der Waals surface area contributed by atoms with Gasteiger partial charge in [-0.15, -0.1) is 0 Å². The summed E-state index contributed by atoms with van der Waals surface area (Å²) in [6.07, 6.45) is 0.790. The molecule has 0 aliphatic carbocycles. The van der Waals surface area contributed by atoms with Gasteiger partial charge in [0.15, 0.2) is 9.84 Å². The van der Waals surface area contributed by atoms with Gasteiger partial charge < -0.3 is 5.32 Å². The summed E-state index contributed by atoms with van der Waals surface area (Å²) in [7, 11) is -3.25. The maximum Gasteiger partial charge on any atom is 0.261 e. The first-order valence-corrected chi connectivity index (χ1v) is 13.1.